The number of rotatable bonds is 9. The van der Waals surface area contributed by atoms with E-state index in [0.717, 1.165) is 0 Å². The zero-order chi connectivity index (χ0) is 20.6. The van der Waals surface area contributed by atoms with Crippen LogP contribution in [0.1, 0.15) is 13.8 Å². The second-order valence-corrected chi connectivity index (χ2v) is 7.39. The minimum atomic E-state index is -3.83. The molecular formula is C17H21N7O3S. The highest BCUT2D eigenvalue weighted by Gasteiger charge is 2.17. The highest BCUT2D eigenvalue weighted by molar-refractivity contribution is 7.92. The van der Waals surface area contributed by atoms with Crippen LogP contribution in [-0.2, 0) is 14.8 Å². The van der Waals surface area contributed by atoms with E-state index in [1.807, 2.05) is 0 Å². The van der Waals surface area contributed by atoms with Crippen molar-refractivity contribution in [2.75, 3.05) is 17.8 Å². The van der Waals surface area contributed by atoms with Crippen molar-refractivity contribution in [3.63, 3.8) is 0 Å². The fourth-order valence-electron chi connectivity index (χ4n) is 2.13. The molecule has 2 aromatic rings. The van der Waals surface area contributed by atoms with Gasteiger partial charge in [0.05, 0.1) is 17.1 Å². The van der Waals surface area contributed by atoms with Crippen LogP contribution in [0.25, 0.3) is 0 Å². The summed E-state index contributed by atoms with van der Waals surface area (Å²) in [5, 5.41) is 8.04. The molecule has 28 heavy (non-hydrogen) atoms. The molecule has 0 spiro atoms. The Bertz CT molecular complexity index is 958. The standard InChI is InChI=1S/C17H21N7O3S/c1-12(19-11-8-18)16(13(2)25)23-22-14-4-6-15(7-5-14)28(26,27)24-17-20-9-3-10-21-17/h3-7,9-10,16H,8,11,18H2,1-2H3,(H,20,21,24). The van der Waals surface area contributed by atoms with Gasteiger partial charge in [-0.05, 0) is 44.2 Å². The summed E-state index contributed by atoms with van der Waals surface area (Å²) in [5.74, 6) is -0.226. The highest BCUT2D eigenvalue weighted by Crippen LogP contribution is 2.19. The number of benzene rings is 1. The van der Waals surface area contributed by atoms with Gasteiger partial charge >= 0.3 is 0 Å². The average Bonchev–Trinajstić information content (AvgIpc) is 2.67. The molecule has 0 aliphatic heterocycles. The van der Waals surface area contributed by atoms with Crippen molar-refractivity contribution < 1.29 is 13.2 Å². The van der Waals surface area contributed by atoms with Gasteiger partial charge in [-0.25, -0.2) is 23.1 Å². The van der Waals surface area contributed by atoms with Crippen LogP contribution in [0.3, 0.4) is 0 Å². The first-order chi connectivity index (χ1) is 13.3. The first kappa shape index (κ1) is 21.3. The van der Waals surface area contributed by atoms with Gasteiger partial charge < -0.3 is 5.73 Å². The third kappa shape index (κ3) is 5.99. The van der Waals surface area contributed by atoms with Crippen LogP contribution in [0.15, 0.2) is 62.8 Å². The van der Waals surface area contributed by atoms with E-state index in [0.29, 0.717) is 24.5 Å². The lowest BCUT2D eigenvalue weighted by Gasteiger charge is -2.08. The van der Waals surface area contributed by atoms with Crippen LogP contribution in [-0.4, -0.2) is 49.0 Å². The van der Waals surface area contributed by atoms with E-state index < -0.39 is 16.1 Å². The van der Waals surface area contributed by atoms with Gasteiger partial charge in [0.2, 0.25) is 5.95 Å². The molecule has 10 nitrogen and oxygen atoms in total. The number of hydrogen-bond donors (Lipinski definition) is 2. The first-order valence-electron chi connectivity index (χ1n) is 8.35. The van der Waals surface area contributed by atoms with E-state index in [9.17, 15) is 13.2 Å². The van der Waals surface area contributed by atoms with Gasteiger partial charge in [0, 0.05) is 24.7 Å². The molecule has 1 atom stereocenters. The van der Waals surface area contributed by atoms with Crippen LogP contribution in [0.4, 0.5) is 11.6 Å². The first-order valence-corrected chi connectivity index (χ1v) is 9.84. The number of carbonyl (C=O) groups excluding carboxylic acids is 1. The van der Waals surface area contributed by atoms with E-state index in [4.69, 9.17) is 5.73 Å². The second-order valence-electron chi connectivity index (χ2n) is 5.71. The number of carbonyl (C=O) groups is 1. The Morgan fingerprint density at radius 3 is 2.39 bits per heavy atom. The van der Waals surface area contributed by atoms with Gasteiger partial charge in [-0.1, -0.05) is 0 Å². The molecule has 0 amide bonds. The zero-order valence-corrected chi connectivity index (χ0v) is 16.3. The Morgan fingerprint density at radius 2 is 1.82 bits per heavy atom. The SMILES string of the molecule is CC(=O)C(N=Nc1ccc(S(=O)(=O)Nc2ncccn2)cc1)C(C)=NCCN. The summed E-state index contributed by atoms with van der Waals surface area (Å²) in [6.45, 7) is 3.86. The molecule has 148 valence electrons. The van der Waals surface area contributed by atoms with E-state index >= 15 is 0 Å². The quantitative estimate of drug-likeness (QED) is 0.480. The van der Waals surface area contributed by atoms with Crippen molar-refractivity contribution in [3.8, 4) is 0 Å². The maximum absolute atomic E-state index is 12.3. The molecular weight excluding hydrogens is 382 g/mol. The average molecular weight is 403 g/mol. The molecule has 0 aliphatic carbocycles. The number of azo groups is 1. The Hall–Kier alpha value is -3.05. The lowest BCUT2D eigenvalue weighted by molar-refractivity contribution is -0.116. The highest BCUT2D eigenvalue weighted by atomic mass is 32.2. The second kappa shape index (κ2) is 9.76. The summed E-state index contributed by atoms with van der Waals surface area (Å²) in [5.41, 5.74) is 6.33. The maximum Gasteiger partial charge on any atom is 0.264 e. The van der Waals surface area contributed by atoms with E-state index in [2.05, 4.69) is 29.9 Å². The van der Waals surface area contributed by atoms with Crippen molar-refractivity contribution in [2.24, 2.45) is 21.0 Å². The van der Waals surface area contributed by atoms with Gasteiger partial charge in [-0.15, -0.1) is 0 Å². The normalized spacial score (nSPS) is 13.5. The molecule has 11 heteroatoms. The largest absolute Gasteiger partial charge is 0.329 e. The van der Waals surface area contributed by atoms with Crippen molar-refractivity contribution in [1.82, 2.24) is 9.97 Å². The molecule has 1 unspecified atom stereocenters. The monoisotopic (exact) mass is 403 g/mol. The van der Waals surface area contributed by atoms with Crippen molar-refractivity contribution in [2.45, 2.75) is 24.8 Å². The summed E-state index contributed by atoms with van der Waals surface area (Å²) in [6.07, 6.45) is 2.86. The zero-order valence-electron chi connectivity index (χ0n) is 15.5. The van der Waals surface area contributed by atoms with Gasteiger partial charge in [0.15, 0.2) is 11.8 Å². The predicted molar refractivity (Wildman–Crippen MR) is 105 cm³/mol. The smallest absolute Gasteiger partial charge is 0.264 e. The number of nitrogens with two attached hydrogens (primary N) is 1. The molecule has 0 bridgehead atoms. The molecule has 2 rings (SSSR count). The third-order valence-corrected chi connectivity index (χ3v) is 4.84. The molecule has 0 saturated heterocycles. The number of nitrogens with one attached hydrogen (secondary N) is 1. The summed E-state index contributed by atoms with van der Waals surface area (Å²) >= 11 is 0. The number of ketones is 1. The molecule has 0 radical (unpaired) electrons. The van der Waals surface area contributed by atoms with Crippen LogP contribution in [0.2, 0.25) is 0 Å². The summed E-state index contributed by atoms with van der Waals surface area (Å²) < 4.78 is 27.0. The molecule has 0 fully saturated rings. The molecule has 1 aromatic carbocycles. The van der Waals surface area contributed by atoms with Crippen LogP contribution in [0, 0.1) is 0 Å². The van der Waals surface area contributed by atoms with Crippen molar-refractivity contribution in [3.05, 3.63) is 42.7 Å². The van der Waals surface area contributed by atoms with E-state index in [-0.39, 0.29) is 16.6 Å². The summed E-state index contributed by atoms with van der Waals surface area (Å²) in [6, 6.07) is 6.48. The summed E-state index contributed by atoms with van der Waals surface area (Å²) in [7, 11) is -3.83. The number of aromatic nitrogens is 2. The number of anilines is 1. The van der Waals surface area contributed by atoms with Crippen molar-refractivity contribution >= 4 is 33.2 Å². The number of sulfonamides is 1. The Labute approximate surface area is 163 Å². The third-order valence-electron chi connectivity index (χ3n) is 3.50. The van der Waals surface area contributed by atoms with Gasteiger partial charge in [0.25, 0.3) is 10.0 Å². The van der Waals surface area contributed by atoms with Gasteiger partial charge in [-0.3, -0.25) is 9.79 Å². The Kier molecular flexibility index (Phi) is 7.41. The minimum Gasteiger partial charge on any atom is -0.329 e. The number of hydrogen-bond acceptors (Lipinski definition) is 9. The van der Waals surface area contributed by atoms with Crippen molar-refractivity contribution in [1.29, 1.82) is 0 Å². The van der Waals surface area contributed by atoms with Crippen LogP contribution in [0.5, 0.6) is 0 Å². The van der Waals surface area contributed by atoms with E-state index in [1.54, 1.807) is 13.0 Å². The fourth-order valence-corrected chi connectivity index (χ4v) is 3.09. The topological polar surface area (TPSA) is 152 Å². The number of aliphatic imine (C=N–C) groups is 1. The van der Waals surface area contributed by atoms with E-state index in [1.165, 1.54) is 43.6 Å². The van der Waals surface area contributed by atoms with Crippen LogP contribution < -0.4 is 10.5 Å². The number of Topliss-reactive ketones (excluding diaryl/α,β-unsaturated/α-hetero) is 1. The Morgan fingerprint density at radius 1 is 1.18 bits per heavy atom. The minimum absolute atomic E-state index is 0.0164. The number of nitrogens with zero attached hydrogens (tertiary/aromatic N) is 5. The summed E-state index contributed by atoms with van der Waals surface area (Å²) in [4.78, 5) is 23.6. The Balaban J connectivity index is 2.15. The van der Waals surface area contributed by atoms with Gasteiger partial charge in [-0.2, -0.15) is 10.2 Å². The maximum atomic E-state index is 12.3. The lowest BCUT2D eigenvalue weighted by atomic mass is 10.1. The fraction of sp³-hybridized carbons (Fsp3) is 0.294. The molecule has 1 heterocycles. The molecule has 3 N–H and O–H groups in total. The van der Waals surface area contributed by atoms with Gasteiger partial charge in [0.1, 0.15) is 0 Å². The molecule has 1 aromatic heterocycles. The predicted octanol–water partition coefficient (Wildman–Crippen LogP) is 1.74. The molecule has 0 aliphatic rings. The molecule has 0 saturated carbocycles. The lowest BCUT2D eigenvalue weighted by Crippen LogP contribution is -2.24. The van der Waals surface area contributed by atoms with Crippen LogP contribution >= 0.6 is 0 Å².